The van der Waals surface area contributed by atoms with Gasteiger partial charge < -0.3 is 42.2 Å². The number of benzene rings is 1. The van der Waals surface area contributed by atoms with Crippen LogP contribution in [-0.4, -0.2) is 41.4 Å². The van der Waals surface area contributed by atoms with E-state index in [1.807, 2.05) is 77.0 Å². The van der Waals surface area contributed by atoms with Crippen molar-refractivity contribution in [1.82, 2.24) is 9.97 Å². The zero-order chi connectivity index (χ0) is 25.9. The monoisotopic (exact) mass is 542 g/mol. The normalized spacial score (nSPS) is 14.7. The molecule has 0 atom stereocenters. The molecular formula is C25H26FeN8O3. The van der Waals surface area contributed by atoms with Gasteiger partial charge in [0.25, 0.3) is 0 Å². The number of carbonyl (C=O) groups excluding carboxylic acids is 2. The Labute approximate surface area is 228 Å². The first-order valence-corrected chi connectivity index (χ1v) is 11.0. The Kier molecular flexibility index (Phi) is 12.4. The predicted molar refractivity (Wildman–Crippen MR) is 138 cm³/mol. The third-order valence-electron chi connectivity index (χ3n) is 4.84. The van der Waals surface area contributed by atoms with E-state index in [-0.39, 0.29) is 41.7 Å². The van der Waals surface area contributed by atoms with Gasteiger partial charge in [0, 0.05) is 31.6 Å². The van der Waals surface area contributed by atoms with Crippen LogP contribution in [0.5, 0.6) is 0 Å². The molecule has 5 N–H and O–H groups in total. The summed E-state index contributed by atoms with van der Waals surface area (Å²) in [6.07, 6.45) is 17.6. The number of guanidine groups is 1. The van der Waals surface area contributed by atoms with Gasteiger partial charge in [0.05, 0.1) is 6.42 Å². The van der Waals surface area contributed by atoms with Crippen molar-refractivity contribution in [2.75, 3.05) is 18.5 Å². The fourth-order valence-electron chi connectivity index (χ4n) is 3.12. The summed E-state index contributed by atoms with van der Waals surface area (Å²) in [7, 11) is 1.96. The van der Waals surface area contributed by atoms with E-state index >= 15 is 0 Å². The van der Waals surface area contributed by atoms with Crippen molar-refractivity contribution in [1.29, 1.82) is 0 Å². The fourth-order valence-corrected chi connectivity index (χ4v) is 3.12. The molecule has 2 aromatic rings. The number of hydrogen-bond donors (Lipinski definition) is 2. The summed E-state index contributed by atoms with van der Waals surface area (Å²) in [6.45, 7) is 0.722. The SMILES string of the molecule is CN(C[C]1[CH][CH][CH][CH]1)c1ccc2nc([N-]C(=O)CCC(=O)ON=C(N)N)nc([NH-])c2c1.[CH]1[CH][CH][CH][CH]1.[Fe+2]. The molecule has 192 valence electrons. The van der Waals surface area contributed by atoms with Crippen molar-refractivity contribution in [3.8, 4) is 0 Å². The molecule has 12 heteroatoms. The zero-order valence-corrected chi connectivity index (χ0v) is 21.1. The van der Waals surface area contributed by atoms with Gasteiger partial charge >= 0.3 is 23.0 Å². The largest absolute Gasteiger partial charge is 2.00 e. The Hall–Kier alpha value is -3.11. The first kappa shape index (κ1) is 30.1. The van der Waals surface area contributed by atoms with Crippen LogP contribution in [-0.2, 0) is 31.5 Å². The van der Waals surface area contributed by atoms with Crippen molar-refractivity contribution in [2.24, 2.45) is 16.6 Å². The van der Waals surface area contributed by atoms with Crippen LogP contribution in [0.4, 0.5) is 17.5 Å². The van der Waals surface area contributed by atoms with E-state index in [2.05, 4.69) is 30.2 Å². The number of nitrogens with one attached hydrogen (secondary N) is 1. The van der Waals surface area contributed by atoms with Crippen molar-refractivity contribution < 1.29 is 31.5 Å². The van der Waals surface area contributed by atoms with Crippen LogP contribution in [0.25, 0.3) is 22.0 Å². The molecule has 0 saturated heterocycles. The number of rotatable bonds is 8. The second-order valence-corrected chi connectivity index (χ2v) is 7.67. The first-order valence-electron chi connectivity index (χ1n) is 11.0. The molecule has 2 fully saturated rings. The Bertz CT molecular complexity index is 1060. The second kappa shape index (κ2) is 15.2. The van der Waals surface area contributed by atoms with E-state index in [9.17, 15) is 9.59 Å². The van der Waals surface area contributed by atoms with Gasteiger partial charge in [0.1, 0.15) is 0 Å². The average molecular weight is 542 g/mol. The summed E-state index contributed by atoms with van der Waals surface area (Å²) in [6, 6.07) is 5.46. The van der Waals surface area contributed by atoms with Gasteiger partial charge in [0.15, 0.2) is 5.91 Å². The summed E-state index contributed by atoms with van der Waals surface area (Å²) in [5.74, 6) is -0.829. The van der Waals surface area contributed by atoms with E-state index in [1.165, 1.54) is 5.92 Å². The number of anilines is 1. The van der Waals surface area contributed by atoms with Gasteiger partial charge in [-0.3, -0.25) is 4.79 Å². The number of nitrogens with zero attached hydrogens (tertiary/aromatic N) is 5. The number of nitrogens with two attached hydrogens (primary N) is 2. The second-order valence-electron chi connectivity index (χ2n) is 7.67. The first-order chi connectivity index (χ1) is 17.3. The quantitative estimate of drug-likeness (QED) is 0.168. The minimum Gasteiger partial charge on any atom is -0.482 e. The van der Waals surface area contributed by atoms with Crippen molar-refractivity contribution in [2.45, 2.75) is 12.8 Å². The molecule has 1 heterocycles. The summed E-state index contributed by atoms with van der Waals surface area (Å²) >= 11 is 0. The molecule has 0 aliphatic heterocycles. The third kappa shape index (κ3) is 10.0. The van der Waals surface area contributed by atoms with E-state index < -0.39 is 17.8 Å². The van der Waals surface area contributed by atoms with E-state index in [1.54, 1.807) is 6.07 Å². The van der Waals surface area contributed by atoms with Gasteiger partial charge in [-0.05, 0) is 98.0 Å². The Morgan fingerprint density at radius 3 is 2.30 bits per heavy atom. The van der Waals surface area contributed by atoms with Crippen molar-refractivity contribution in [3.63, 3.8) is 0 Å². The molecule has 0 spiro atoms. The van der Waals surface area contributed by atoms with Crippen molar-refractivity contribution in [3.05, 3.63) is 93.0 Å². The van der Waals surface area contributed by atoms with Crippen LogP contribution in [0.2, 0.25) is 0 Å². The van der Waals surface area contributed by atoms with Gasteiger partial charge in [-0.1, -0.05) is 5.82 Å². The molecule has 0 bridgehead atoms. The van der Waals surface area contributed by atoms with Gasteiger partial charge in [0.2, 0.25) is 5.96 Å². The minimum atomic E-state index is -0.782. The van der Waals surface area contributed by atoms with Crippen LogP contribution in [0, 0.1) is 63.7 Å². The Morgan fingerprint density at radius 1 is 1.03 bits per heavy atom. The maximum Gasteiger partial charge on any atom is 2.00 e. The van der Waals surface area contributed by atoms with Crippen LogP contribution in [0.1, 0.15) is 12.8 Å². The number of carbonyl (C=O) groups is 2. The van der Waals surface area contributed by atoms with Gasteiger partial charge in [-0.15, -0.1) is 0 Å². The van der Waals surface area contributed by atoms with E-state index in [0.717, 1.165) is 12.2 Å². The smallest absolute Gasteiger partial charge is 0.482 e. The molecule has 1 aromatic carbocycles. The fraction of sp³-hybridized carbons (Fsp3) is 0.160. The average Bonchev–Trinajstić information content (AvgIpc) is 3.58. The number of oxime groups is 1. The standard InChI is InChI=1S/C20H22N8O3.C5H5.Fe/c1-28(11-12-4-2-3-5-12)13-6-7-15-14(10-13)18(21)26-20(24-15)25-16(29)8-9-17(30)31-27-19(22)23;1-2-4-5-3-1;/h2-7,10H,8-9,11H2,1H3,(H6-,21,22,23,24,25,26,27,29);1-5H;/q-1;;+2/p-1. The van der Waals surface area contributed by atoms with Gasteiger partial charge in [-0.2, -0.15) is 0 Å². The molecule has 4 rings (SSSR count). The summed E-state index contributed by atoms with van der Waals surface area (Å²) in [5.41, 5.74) is 19.7. The van der Waals surface area contributed by atoms with Crippen LogP contribution in [0.15, 0.2) is 23.4 Å². The molecule has 2 saturated carbocycles. The predicted octanol–water partition coefficient (Wildman–Crippen LogP) is 3.22. The molecule has 10 radical (unpaired) electrons. The van der Waals surface area contributed by atoms with E-state index in [4.69, 9.17) is 17.2 Å². The molecule has 1 amide bonds. The Balaban J connectivity index is 0.000000716. The van der Waals surface area contributed by atoms with E-state index in [0.29, 0.717) is 10.9 Å². The summed E-state index contributed by atoms with van der Waals surface area (Å²) < 4.78 is 0. The third-order valence-corrected chi connectivity index (χ3v) is 4.84. The van der Waals surface area contributed by atoms with Crippen LogP contribution in [0.3, 0.4) is 0 Å². The van der Waals surface area contributed by atoms with Crippen molar-refractivity contribution >= 4 is 46.2 Å². The van der Waals surface area contributed by atoms with Crippen LogP contribution < -0.4 is 16.4 Å². The molecular weight excluding hydrogens is 516 g/mol. The molecule has 1 aromatic heterocycles. The minimum absolute atomic E-state index is 0. The maximum atomic E-state index is 12.0. The Morgan fingerprint density at radius 2 is 1.68 bits per heavy atom. The summed E-state index contributed by atoms with van der Waals surface area (Å²) in [5, 5.41) is 7.40. The number of fused-ring (bicyclic) bond motifs is 1. The number of aromatic nitrogens is 2. The molecule has 2 aliphatic carbocycles. The molecule has 11 nitrogen and oxygen atoms in total. The number of amides is 1. The molecule has 2 aliphatic rings. The molecule has 0 unspecified atom stereocenters. The topological polar surface area (TPSA) is 175 Å². The summed E-state index contributed by atoms with van der Waals surface area (Å²) in [4.78, 5) is 38.1. The molecule has 37 heavy (non-hydrogen) atoms. The van der Waals surface area contributed by atoms with Gasteiger partial charge in [-0.25, -0.2) is 4.79 Å². The number of hydrogen-bond acceptors (Lipinski definition) is 7. The maximum absolute atomic E-state index is 12.0. The van der Waals surface area contributed by atoms with Crippen LogP contribution >= 0.6 is 0 Å². The zero-order valence-electron chi connectivity index (χ0n) is 20.0.